The van der Waals surface area contributed by atoms with E-state index in [1.54, 1.807) is 25.2 Å². The van der Waals surface area contributed by atoms with Gasteiger partial charge in [-0.05, 0) is 36.9 Å². The SMILES string of the molecule is CCOC(=O)c1sc(NC(=O)c2cc3sccc3n2Cc2ccccc2)nc1C. The van der Waals surface area contributed by atoms with Crippen LogP contribution in [0.2, 0.25) is 0 Å². The minimum atomic E-state index is -0.420. The van der Waals surface area contributed by atoms with E-state index in [1.807, 2.05) is 52.4 Å². The van der Waals surface area contributed by atoms with Crippen LogP contribution in [0.3, 0.4) is 0 Å². The number of nitrogens with zero attached hydrogens (tertiary/aromatic N) is 2. The summed E-state index contributed by atoms with van der Waals surface area (Å²) in [5.74, 6) is -0.676. The van der Waals surface area contributed by atoms with Crippen molar-refractivity contribution in [3.8, 4) is 0 Å². The molecule has 1 amide bonds. The molecule has 8 heteroatoms. The Labute approximate surface area is 175 Å². The summed E-state index contributed by atoms with van der Waals surface area (Å²) in [6.45, 7) is 4.37. The highest BCUT2D eigenvalue weighted by Gasteiger charge is 2.21. The van der Waals surface area contributed by atoms with Gasteiger partial charge in [-0.15, -0.1) is 11.3 Å². The smallest absolute Gasteiger partial charge is 0.350 e. The number of hydrogen-bond donors (Lipinski definition) is 1. The van der Waals surface area contributed by atoms with Gasteiger partial charge in [-0.1, -0.05) is 41.7 Å². The molecule has 4 rings (SSSR count). The first-order valence-electron chi connectivity index (χ1n) is 9.13. The number of anilines is 1. The zero-order chi connectivity index (χ0) is 20.4. The number of aromatic nitrogens is 2. The number of hydrogen-bond acceptors (Lipinski definition) is 6. The Morgan fingerprint density at radius 3 is 2.76 bits per heavy atom. The van der Waals surface area contributed by atoms with E-state index >= 15 is 0 Å². The second kappa shape index (κ2) is 8.18. The molecule has 4 aromatic rings. The molecule has 0 saturated heterocycles. The average molecular weight is 426 g/mol. The molecule has 0 fully saturated rings. The lowest BCUT2D eigenvalue weighted by atomic mass is 10.2. The minimum Gasteiger partial charge on any atom is -0.462 e. The van der Waals surface area contributed by atoms with Gasteiger partial charge in [0.05, 0.1) is 22.5 Å². The topological polar surface area (TPSA) is 73.2 Å². The highest BCUT2D eigenvalue weighted by atomic mass is 32.1. The van der Waals surface area contributed by atoms with Gasteiger partial charge >= 0.3 is 5.97 Å². The van der Waals surface area contributed by atoms with Crippen molar-refractivity contribution in [1.29, 1.82) is 0 Å². The quantitative estimate of drug-likeness (QED) is 0.444. The lowest BCUT2D eigenvalue weighted by molar-refractivity contribution is 0.0531. The number of carbonyl (C=O) groups is 2. The van der Waals surface area contributed by atoms with E-state index in [9.17, 15) is 9.59 Å². The molecule has 3 heterocycles. The predicted molar refractivity (Wildman–Crippen MR) is 116 cm³/mol. The van der Waals surface area contributed by atoms with Gasteiger partial charge < -0.3 is 9.30 Å². The van der Waals surface area contributed by atoms with Crippen LogP contribution < -0.4 is 5.32 Å². The van der Waals surface area contributed by atoms with E-state index in [0.717, 1.165) is 27.1 Å². The molecule has 0 saturated carbocycles. The molecule has 29 heavy (non-hydrogen) atoms. The van der Waals surface area contributed by atoms with E-state index in [0.29, 0.717) is 34.5 Å². The van der Waals surface area contributed by atoms with Crippen molar-refractivity contribution in [3.63, 3.8) is 0 Å². The van der Waals surface area contributed by atoms with E-state index < -0.39 is 5.97 Å². The highest BCUT2D eigenvalue weighted by Crippen LogP contribution is 2.28. The number of benzene rings is 1. The Morgan fingerprint density at radius 2 is 2.00 bits per heavy atom. The number of carbonyl (C=O) groups excluding carboxylic acids is 2. The van der Waals surface area contributed by atoms with Crippen molar-refractivity contribution in [2.24, 2.45) is 0 Å². The van der Waals surface area contributed by atoms with E-state index in [-0.39, 0.29) is 5.91 Å². The fraction of sp³-hybridized carbons (Fsp3) is 0.190. The largest absolute Gasteiger partial charge is 0.462 e. The summed E-state index contributed by atoms with van der Waals surface area (Å²) in [4.78, 5) is 29.8. The second-order valence-corrected chi connectivity index (χ2v) is 8.33. The maximum absolute atomic E-state index is 13.0. The maximum atomic E-state index is 13.0. The van der Waals surface area contributed by atoms with E-state index in [1.165, 1.54) is 0 Å². The first kappa shape index (κ1) is 19.4. The van der Waals surface area contributed by atoms with Crippen molar-refractivity contribution >= 4 is 49.9 Å². The van der Waals surface area contributed by atoms with Crippen molar-refractivity contribution in [3.05, 3.63) is 69.7 Å². The van der Waals surface area contributed by atoms with Gasteiger partial charge in [0.1, 0.15) is 10.6 Å². The van der Waals surface area contributed by atoms with Gasteiger partial charge in [-0.25, -0.2) is 9.78 Å². The Balaban J connectivity index is 1.62. The lowest BCUT2D eigenvalue weighted by Gasteiger charge is -2.10. The van der Waals surface area contributed by atoms with E-state index in [4.69, 9.17) is 4.74 Å². The fourth-order valence-corrected chi connectivity index (χ4v) is 4.78. The van der Waals surface area contributed by atoms with Crippen molar-refractivity contribution in [2.45, 2.75) is 20.4 Å². The molecule has 1 aromatic carbocycles. The zero-order valence-electron chi connectivity index (χ0n) is 16.0. The van der Waals surface area contributed by atoms with Crippen LogP contribution in [0.25, 0.3) is 10.2 Å². The van der Waals surface area contributed by atoms with Gasteiger partial charge in [0.25, 0.3) is 5.91 Å². The summed E-state index contributed by atoms with van der Waals surface area (Å²) in [7, 11) is 0. The van der Waals surface area contributed by atoms with Crippen LogP contribution in [-0.4, -0.2) is 28.0 Å². The van der Waals surface area contributed by atoms with Crippen LogP contribution in [0.15, 0.2) is 47.8 Å². The van der Waals surface area contributed by atoms with Crippen LogP contribution >= 0.6 is 22.7 Å². The number of thiazole rings is 1. The number of amides is 1. The third-order valence-electron chi connectivity index (χ3n) is 4.42. The number of nitrogens with one attached hydrogen (secondary N) is 1. The summed E-state index contributed by atoms with van der Waals surface area (Å²) in [5, 5.41) is 5.24. The third-order valence-corrected chi connectivity index (χ3v) is 6.32. The number of rotatable bonds is 6. The molecule has 148 valence electrons. The molecular weight excluding hydrogens is 406 g/mol. The number of thiophene rings is 1. The van der Waals surface area contributed by atoms with Gasteiger partial charge in [0.2, 0.25) is 0 Å². The standard InChI is InChI=1S/C21H19N3O3S2/c1-3-27-20(26)18-13(2)22-21(29-18)23-19(25)16-11-17-15(9-10-28-17)24(16)12-14-7-5-4-6-8-14/h4-11H,3,12H2,1-2H3,(H,22,23,25). The first-order valence-corrected chi connectivity index (χ1v) is 10.8. The van der Waals surface area contributed by atoms with Crippen LogP contribution in [0.1, 0.15) is 38.3 Å². The molecule has 3 aromatic heterocycles. The molecule has 0 aliphatic rings. The lowest BCUT2D eigenvalue weighted by Crippen LogP contribution is -2.17. The Kier molecular flexibility index (Phi) is 5.46. The first-order chi connectivity index (χ1) is 14.1. The average Bonchev–Trinajstić information content (AvgIpc) is 3.39. The monoisotopic (exact) mass is 425 g/mol. The summed E-state index contributed by atoms with van der Waals surface area (Å²) < 4.78 is 8.10. The number of aryl methyl sites for hydroxylation is 1. The maximum Gasteiger partial charge on any atom is 0.350 e. The molecule has 0 radical (unpaired) electrons. The fourth-order valence-electron chi connectivity index (χ4n) is 3.10. The zero-order valence-corrected chi connectivity index (χ0v) is 17.6. The van der Waals surface area contributed by atoms with Crippen LogP contribution in [0, 0.1) is 6.92 Å². The van der Waals surface area contributed by atoms with Crippen molar-refractivity contribution in [1.82, 2.24) is 9.55 Å². The van der Waals surface area contributed by atoms with Gasteiger partial charge in [-0.3, -0.25) is 10.1 Å². The number of ether oxygens (including phenoxy) is 1. The predicted octanol–water partition coefficient (Wildman–Crippen LogP) is 4.95. The van der Waals surface area contributed by atoms with Gasteiger partial charge in [-0.2, -0.15) is 0 Å². The number of fused-ring (bicyclic) bond motifs is 1. The Hall–Kier alpha value is -2.97. The summed E-state index contributed by atoms with van der Waals surface area (Å²) >= 11 is 2.72. The molecule has 0 unspecified atom stereocenters. The minimum absolute atomic E-state index is 0.256. The molecular formula is C21H19N3O3S2. The second-order valence-electron chi connectivity index (χ2n) is 6.38. The van der Waals surface area contributed by atoms with Gasteiger partial charge in [0, 0.05) is 6.54 Å². The molecule has 0 aliphatic carbocycles. The van der Waals surface area contributed by atoms with Crippen LogP contribution in [-0.2, 0) is 11.3 Å². The Morgan fingerprint density at radius 1 is 1.21 bits per heavy atom. The summed E-state index contributed by atoms with van der Waals surface area (Å²) in [5.41, 5.74) is 3.23. The normalized spacial score (nSPS) is 11.0. The Bertz CT molecular complexity index is 1170. The molecule has 1 N–H and O–H groups in total. The molecule has 0 atom stereocenters. The molecule has 0 bridgehead atoms. The summed E-state index contributed by atoms with van der Waals surface area (Å²) in [6, 6.07) is 13.9. The number of esters is 1. The highest BCUT2D eigenvalue weighted by molar-refractivity contribution is 7.18. The van der Waals surface area contributed by atoms with Gasteiger partial charge in [0.15, 0.2) is 5.13 Å². The third kappa shape index (κ3) is 3.94. The molecule has 0 aliphatic heterocycles. The summed E-state index contributed by atoms with van der Waals surface area (Å²) in [6.07, 6.45) is 0. The van der Waals surface area contributed by atoms with Crippen LogP contribution in [0.4, 0.5) is 5.13 Å². The molecule has 6 nitrogen and oxygen atoms in total. The molecule has 0 spiro atoms. The van der Waals surface area contributed by atoms with Crippen LogP contribution in [0.5, 0.6) is 0 Å². The van der Waals surface area contributed by atoms with Crippen molar-refractivity contribution in [2.75, 3.05) is 11.9 Å². The van der Waals surface area contributed by atoms with Crippen molar-refractivity contribution < 1.29 is 14.3 Å². The van der Waals surface area contributed by atoms with E-state index in [2.05, 4.69) is 10.3 Å².